The molecule has 0 atom stereocenters. The maximum absolute atomic E-state index is 13.7. The standard InChI is InChI=1S/C16H22F2N2/c17-13-10-12(16(19)6-2-1-3-7-16)15(11-14(13)18)20-8-4-5-9-20/h10-11H,1-9,19H2. The number of hydrogen-bond acceptors (Lipinski definition) is 2. The van der Waals surface area contributed by atoms with Crippen molar-refractivity contribution in [1.29, 1.82) is 0 Å². The summed E-state index contributed by atoms with van der Waals surface area (Å²) in [6, 6.07) is 2.69. The van der Waals surface area contributed by atoms with Gasteiger partial charge >= 0.3 is 0 Å². The first-order valence-corrected chi connectivity index (χ1v) is 7.63. The maximum Gasteiger partial charge on any atom is 0.160 e. The van der Waals surface area contributed by atoms with E-state index >= 15 is 0 Å². The summed E-state index contributed by atoms with van der Waals surface area (Å²) in [5.74, 6) is -1.55. The molecule has 2 fully saturated rings. The first kappa shape index (κ1) is 13.8. The lowest BCUT2D eigenvalue weighted by Crippen LogP contribution is -2.40. The third-order valence-electron chi connectivity index (χ3n) is 4.77. The molecule has 1 aliphatic carbocycles. The minimum absolute atomic E-state index is 0.495. The van der Waals surface area contributed by atoms with E-state index < -0.39 is 17.2 Å². The Morgan fingerprint density at radius 2 is 1.50 bits per heavy atom. The number of anilines is 1. The van der Waals surface area contributed by atoms with E-state index in [1.807, 2.05) is 0 Å². The van der Waals surface area contributed by atoms with Gasteiger partial charge in [0.2, 0.25) is 0 Å². The van der Waals surface area contributed by atoms with Crippen molar-refractivity contribution >= 4 is 5.69 Å². The van der Waals surface area contributed by atoms with E-state index in [2.05, 4.69) is 4.90 Å². The lowest BCUT2D eigenvalue weighted by atomic mass is 9.76. The molecule has 0 aromatic heterocycles. The van der Waals surface area contributed by atoms with Crippen LogP contribution in [0.25, 0.3) is 0 Å². The summed E-state index contributed by atoms with van der Waals surface area (Å²) < 4.78 is 27.4. The second-order valence-electron chi connectivity index (χ2n) is 6.19. The van der Waals surface area contributed by atoms with Gasteiger partial charge in [0.05, 0.1) is 0 Å². The number of hydrogen-bond donors (Lipinski definition) is 1. The molecule has 1 heterocycles. The molecule has 110 valence electrons. The normalized spacial score (nSPS) is 22.2. The van der Waals surface area contributed by atoms with Gasteiger partial charge < -0.3 is 10.6 Å². The van der Waals surface area contributed by atoms with E-state index in [1.54, 1.807) is 0 Å². The Bertz CT molecular complexity index is 489. The lowest BCUT2D eigenvalue weighted by Gasteiger charge is -2.37. The van der Waals surface area contributed by atoms with Gasteiger partial charge in [0, 0.05) is 30.4 Å². The third kappa shape index (κ3) is 2.41. The summed E-state index contributed by atoms with van der Waals surface area (Å²) in [6.45, 7) is 1.82. The monoisotopic (exact) mass is 280 g/mol. The minimum atomic E-state index is -0.779. The van der Waals surface area contributed by atoms with Crippen molar-refractivity contribution in [3.63, 3.8) is 0 Å². The van der Waals surface area contributed by atoms with Crippen molar-refractivity contribution in [2.75, 3.05) is 18.0 Å². The first-order chi connectivity index (χ1) is 9.60. The van der Waals surface area contributed by atoms with Crippen LogP contribution in [-0.4, -0.2) is 13.1 Å². The van der Waals surface area contributed by atoms with Crippen molar-refractivity contribution in [3.05, 3.63) is 29.3 Å². The van der Waals surface area contributed by atoms with Crippen LogP contribution in [0.15, 0.2) is 12.1 Å². The first-order valence-electron chi connectivity index (χ1n) is 7.63. The van der Waals surface area contributed by atoms with Gasteiger partial charge in [-0.15, -0.1) is 0 Å². The molecule has 2 nitrogen and oxygen atoms in total. The second kappa shape index (κ2) is 5.32. The molecular formula is C16H22F2N2. The smallest absolute Gasteiger partial charge is 0.160 e. The second-order valence-corrected chi connectivity index (χ2v) is 6.19. The largest absolute Gasteiger partial charge is 0.371 e. The Labute approximate surface area is 118 Å². The highest BCUT2D eigenvalue weighted by Crippen LogP contribution is 2.41. The lowest BCUT2D eigenvalue weighted by molar-refractivity contribution is 0.301. The molecule has 1 aliphatic heterocycles. The van der Waals surface area contributed by atoms with Crippen LogP contribution in [-0.2, 0) is 5.54 Å². The summed E-state index contributed by atoms with van der Waals surface area (Å²) in [6.07, 6.45) is 7.25. The maximum atomic E-state index is 13.7. The molecule has 2 aliphatic rings. The highest BCUT2D eigenvalue weighted by molar-refractivity contribution is 5.58. The van der Waals surface area contributed by atoms with Gasteiger partial charge in [-0.3, -0.25) is 0 Å². The van der Waals surface area contributed by atoms with E-state index in [4.69, 9.17) is 5.73 Å². The predicted molar refractivity (Wildman–Crippen MR) is 76.8 cm³/mol. The summed E-state index contributed by atoms with van der Waals surface area (Å²) in [5.41, 5.74) is 7.67. The number of rotatable bonds is 2. The molecule has 3 rings (SSSR count). The molecule has 2 N–H and O–H groups in total. The van der Waals surface area contributed by atoms with Crippen molar-refractivity contribution in [1.82, 2.24) is 0 Å². The zero-order chi connectivity index (χ0) is 14.2. The van der Waals surface area contributed by atoms with Gasteiger partial charge in [0.15, 0.2) is 11.6 Å². The fraction of sp³-hybridized carbons (Fsp3) is 0.625. The Morgan fingerprint density at radius 1 is 0.900 bits per heavy atom. The summed E-state index contributed by atoms with van der Waals surface area (Å²) in [4.78, 5) is 2.15. The number of halogens is 2. The molecule has 1 aromatic carbocycles. The molecule has 1 saturated heterocycles. The van der Waals surface area contributed by atoms with Gasteiger partial charge in [0.1, 0.15) is 0 Å². The molecule has 1 saturated carbocycles. The molecule has 0 bridgehead atoms. The number of nitrogens with zero attached hydrogens (tertiary/aromatic N) is 1. The van der Waals surface area contributed by atoms with Crippen molar-refractivity contribution in [3.8, 4) is 0 Å². The molecule has 0 amide bonds. The predicted octanol–water partition coefficient (Wildman–Crippen LogP) is 3.68. The van der Waals surface area contributed by atoms with Crippen LogP contribution in [0.3, 0.4) is 0 Å². The molecule has 0 spiro atoms. The van der Waals surface area contributed by atoms with E-state index in [0.717, 1.165) is 62.9 Å². The zero-order valence-electron chi connectivity index (χ0n) is 11.8. The van der Waals surface area contributed by atoms with Crippen molar-refractivity contribution < 1.29 is 8.78 Å². The van der Waals surface area contributed by atoms with Crippen LogP contribution in [0.2, 0.25) is 0 Å². The summed E-state index contributed by atoms with van der Waals surface area (Å²) >= 11 is 0. The van der Waals surface area contributed by atoms with Gasteiger partial charge in [-0.1, -0.05) is 19.3 Å². The summed E-state index contributed by atoms with van der Waals surface area (Å²) in [7, 11) is 0. The zero-order valence-corrected chi connectivity index (χ0v) is 11.8. The van der Waals surface area contributed by atoms with Gasteiger partial charge in [-0.2, -0.15) is 0 Å². The molecule has 20 heavy (non-hydrogen) atoms. The van der Waals surface area contributed by atoms with Crippen LogP contribution >= 0.6 is 0 Å². The highest BCUT2D eigenvalue weighted by atomic mass is 19.2. The SMILES string of the molecule is NC1(c2cc(F)c(F)cc2N2CCCC2)CCCCC1. The fourth-order valence-electron chi connectivity index (χ4n) is 3.61. The molecule has 1 aromatic rings. The van der Waals surface area contributed by atoms with Gasteiger partial charge in [0.25, 0.3) is 0 Å². The van der Waals surface area contributed by atoms with Crippen LogP contribution in [0, 0.1) is 11.6 Å². The van der Waals surface area contributed by atoms with Crippen LogP contribution in [0.4, 0.5) is 14.5 Å². The minimum Gasteiger partial charge on any atom is -0.371 e. The number of benzene rings is 1. The van der Waals surface area contributed by atoms with Gasteiger partial charge in [-0.05, 0) is 37.3 Å². The average molecular weight is 280 g/mol. The molecule has 0 radical (unpaired) electrons. The molecule has 0 unspecified atom stereocenters. The van der Waals surface area contributed by atoms with Crippen molar-refractivity contribution in [2.45, 2.75) is 50.5 Å². The summed E-state index contributed by atoms with van der Waals surface area (Å²) in [5, 5.41) is 0. The Hall–Kier alpha value is -1.16. The van der Waals surface area contributed by atoms with Crippen LogP contribution < -0.4 is 10.6 Å². The fourth-order valence-corrected chi connectivity index (χ4v) is 3.61. The Balaban J connectivity index is 2.05. The van der Waals surface area contributed by atoms with E-state index in [-0.39, 0.29) is 0 Å². The third-order valence-corrected chi connectivity index (χ3v) is 4.77. The molecule has 4 heteroatoms. The van der Waals surface area contributed by atoms with E-state index in [1.165, 1.54) is 18.6 Å². The van der Waals surface area contributed by atoms with Crippen LogP contribution in [0.1, 0.15) is 50.5 Å². The van der Waals surface area contributed by atoms with Crippen molar-refractivity contribution in [2.24, 2.45) is 5.73 Å². The average Bonchev–Trinajstić information content (AvgIpc) is 2.96. The highest BCUT2D eigenvalue weighted by Gasteiger charge is 2.34. The Kier molecular flexibility index (Phi) is 3.67. The van der Waals surface area contributed by atoms with E-state index in [9.17, 15) is 8.78 Å². The van der Waals surface area contributed by atoms with Gasteiger partial charge in [-0.25, -0.2) is 8.78 Å². The van der Waals surface area contributed by atoms with Crippen LogP contribution in [0.5, 0.6) is 0 Å². The quantitative estimate of drug-likeness (QED) is 0.895. The Morgan fingerprint density at radius 3 is 2.15 bits per heavy atom. The molecular weight excluding hydrogens is 258 g/mol. The number of nitrogens with two attached hydrogens (primary N) is 1. The van der Waals surface area contributed by atoms with E-state index in [0.29, 0.717) is 0 Å². The topological polar surface area (TPSA) is 29.3 Å².